The molecule has 0 radical (unpaired) electrons. The molecule has 0 aromatic heterocycles. The molecule has 0 bridgehead atoms. The van der Waals surface area contributed by atoms with Gasteiger partial charge in [0.05, 0.1) is 6.54 Å². The van der Waals surface area contributed by atoms with Gasteiger partial charge in [0.15, 0.2) is 0 Å². The highest BCUT2D eigenvalue weighted by molar-refractivity contribution is 5.69. The van der Waals surface area contributed by atoms with Gasteiger partial charge in [-0.15, -0.1) is 0 Å². The molecule has 1 saturated carbocycles. The smallest absolute Gasteiger partial charge is 0.317 e. The van der Waals surface area contributed by atoms with Crippen LogP contribution in [-0.2, 0) is 9.53 Å². The second-order valence-corrected chi connectivity index (χ2v) is 5.13. The number of nitrogens with one attached hydrogen (secondary N) is 1. The molecule has 1 aliphatic rings. The van der Waals surface area contributed by atoms with Crippen molar-refractivity contribution in [1.82, 2.24) is 10.2 Å². The van der Waals surface area contributed by atoms with Crippen molar-refractivity contribution in [2.24, 2.45) is 0 Å². The summed E-state index contributed by atoms with van der Waals surface area (Å²) in [6.45, 7) is 5.94. The number of carbonyl (C=O) groups is 1. The minimum Gasteiger partial charge on any atom is -0.480 e. The summed E-state index contributed by atoms with van der Waals surface area (Å²) >= 11 is 0. The molecule has 0 aliphatic heterocycles. The Morgan fingerprint density at radius 3 is 2.72 bits per heavy atom. The SMILES string of the molecule is CCN(CC(=O)O)C1CC(NC(C)CCOC)C1. The Morgan fingerprint density at radius 2 is 2.22 bits per heavy atom. The number of carboxylic acids is 1. The monoisotopic (exact) mass is 258 g/mol. The van der Waals surface area contributed by atoms with E-state index in [9.17, 15) is 4.79 Å². The zero-order chi connectivity index (χ0) is 13.5. The molecule has 1 rings (SSSR count). The van der Waals surface area contributed by atoms with Gasteiger partial charge in [-0.25, -0.2) is 0 Å². The number of carboxylic acid groups (broad SMARTS) is 1. The Kier molecular flexibility index (Phi) is 6.60. The van der Waals surface area contributed by atoms with Crippen molar-refractivity contribution in [3.05, 3.63) is 0 Å². The Hall–Kier alpha value is -0.650. The Balaban J connectivity index is 2.19. The topological polar surface area (TPSA) is 61.8 Å². The molecule has 18 heavy (non-hydrogen) atoms. The van der Waals surface area contributed by atoms with Crippen molar-refractivity contribution in [2.75, 3.05) is 26.8 Å². The highest BCUT2D eigenvalue weighted by Crippen LogP contribution is 2.26. The maximum absolute atomic E-state index is 10.7. The lowest BCUT2D eigenvalue weighted by Crippen LogP contribution is -2.55. The first-order valence-corrected chi connectivity index (χ1v) is 6.77. The van der Waals surface area contributed by atoms with Gasteiger partial charge in [0.1, 0.15) is 0 Å². The fourth-order valence-electron chi connectivity index (χ4n) is 2.48. The number of aliphatic carboxylic acids is 1. The first-order chi connectivity index (χ1) is 8.56. The van der Waals surface area contributed by atoms with Crippen LogP contribution in [0.25, 0.3) is 0 Å². The predicted octanol–water partition coefficient (Wildman–Crippen LogP) is 0.939. The summed E-state index contributed by atoms with van der Waals surface area (Å²) in [7, 11) is 1.72. The van der Waals surface area contributed by atoms with E-state index in [0.717, 1.165) is 32.4 Å². The third-order valence-corrected chi connectivity index (χ3v) is 3.65. The summed E-state index contributed by atoms with van der Waals surface area (Å²) in [5.74, 6) is -0.735. The van der Waals surface area contributed by atoms with Crippen LogP contribution in [0.1, 0.15) is 33.1 Å². The van der Waals surface area contributed by atoms with Gasteiger partial charge in [-0.3, -0.25) is 9.69 Å². The van der Waals surface area contributed by atoms with Gasteiger partial charge in [-0.1, -0.05) is 6.92 Å². The number of hydrogen-bond acceptors (Lipinski definition) is 4. The van der Waals surface area contributed by atoms with Crippen LogP contribution in [0.15, 0.2) is 0 Å². The largest absolute Gasteiger partial charge is 0.480 e. The standard InChI is InChI=1S/C13H26N2O3/c1-4-15(9-13(16)17)12-7-11(8-12)14-10(2)5-6-18-3/h10-12,14H,4-9H2,1-3H3,(H,16,17). The molecule has 0 saturated heterocycles. The summed E-state index contributed by atoms with van der Waals surface area (Å²) in [5, 5.41) is 12.4. The van der Waals surface area contributed by atoms with Crippen LogP contribution < -0.4 is 5.32 Å². The van der Waals surface area contributed by atoms with E-state index >= 15 is 0 Å². The van der Waals surface area contributed by atoms with Gasteiger partial charge in [-0.2, -0.15) is 0 Å². The van der Waals surface area contributed by atoms with Crippen molar-refractivity contribution in [2.45, 2.75) is 51.2 Å². The number of ether oxygens (including phenoxy) is 1. The zero-order valence-electron chi connectivity index (χ0n) is 11.7. The van der Waals surface area contributed by atoms with E-state index in [4.69, 9.17) is 9.84 Å². The van der Waals surface area contributed by atoms with Crippen LogP contribution >= 0.6 is 0 Å². The van der Waals surface area contributed by atoms with Crippen LogP contribution in [0.2, 0.25) is 0 Å². The summed E-state index contributed by atoms with van der Waals surface area (Å²) in [4.78, 5) is 12.8. The summed E-state index contributed by atoms with van der Waals surface area (Å²) in [6.07, 6.45) is 3.13. The highest BCUT2D eigenvalue weighted by atomic mass is 16.5. The van der Waals surface area contributed by atoms with Crippen molar-refractivity contribution in [3.63, 3.8) is 0 Å². The third kappa shape index (κ3) is 4.92. The number of rotatable bonds is 9. The number of likely N-dealkylation sites (N-methyl/N-ethyl adjacent to an activating group) is 1. The molecular formula is C13H26N2O3. The van der Waals surface area contributed by atoms with Crippen molar-refractivity contribution in [3.8, 4) is 0 Å². The fraction of sp³-hybridized carbons (Fsp3) is 0.923. The second-order valence-electron chi connectivity index (χ2n) is 5.13. The molecule has 1 aliphatic carbocycles. The maximum atomic E-state index is 10.7. The molecule has 5 heteroatoms. The van der Waals surface area contributed by atoms with Crippen molar-refractivity contribution in [1.29, 1.82) is 0 Å². The fourth-order valence-corrected chi connectivity index (χ4v) is 2.48. The predicted molar refractivity (Wildman–Crippen MR) is 70.8 cm³/mol. The van der Waals surface area contributed by atoms with Gasteiger partial charge in [-0.05, 0) is 32.7 Å². The van der Waals surface area contributed by atoms with E-state index in [1.54, 1.807) is 7.11 Å². The molecule has 0 aromatic rings. The minimum atomic E-state index is -0.735. The van der Waals surface area contributed by atoms with E-state index in [-0.39, 0.29) is 6.54 Å². The van der Waals surface area contributed by atoms with Gasteiger partial charge in [0, 0.05) is 31.8 Å². The molecule has 106 valence electrons. The highest BCUT2D eigenvalue weighted by Gasteiger charge is 2.34. The normalized spacial score (nSPS) is 24.9. The van der Waals surface area contributed by atoms with E-state index in [1.807, 2.05) is 11.8 Å². The average molecular weight is 258 g/mol. The van der Waals surface area contributed by atoms with E-state index < -0.39 is 5.97 Å². The van der Waals surface area contributed by atoms with Crippen LogP contribution in [-0.4, -0.2) is 60.9 Å². The van der Waals surface area contributed by atoms with Crippen LogP contribution in [0, 0.1) is 0 Å². The minimum absolute atomic E-state index is 0.160. The Bertz CT molecular complexity index is 255. The first-order valence-electron chi connectivity index (χ1n) is 6.77. The van der Waals surface area contributed by atoms with Gasteiger partial charge in [0.25, 0.3) is 0 Å². The molecule has 0 amide bonds. The van der Waals surface area contributed by atoms with Crippen LogP contribution in [0.4, 0.5) is 0 Å². The van der Waals surface area contributed by atoms with Gasteiger partial charge in [0.2, 0.25) is 0 Å². The summed E-state index contributed by atoms with van der Waals surface area (Å²) in [5.41, 5.74) is 0. The molecule has 5 nitrogen and oxygen atoms in total. The number of methoxy groups -OCH3 is 1. The van der Waals surface area contributed by atoms with E-state index in [1.165, 1.54) is 0 Å². The first kappa shape index (κ1) is 15.4. The number of nitrogens with zero attached hydrogens (tertiary/aromatic N) is 1. The lowest BCUT2D eigenvalue weighted by atomic mass is 9.84. The zero-order valence-corrected chi connectivity index (χ0v) is 11.7. The number of hydrogen-bond donors (Lipinski definition) is 2. The summed E-state index contributed by atoms with van der Waals surface area (Å²) < 4.78 is 5.05. The van der Waals surface area contributed by atoms with Crippen LogP contribution in [0.3, 0.4) is 0 Å². The average Bonchev–Trinajstić information content (AvgIpc) is 2.27. The second kappa shape index (κ2) is 7.71. The van der Waals surface area contributed by atoms with Gasteiger partial charge < -0.3 is 15.2 Å². The van der Waals surface area contributed by atoms with E-state index in [2.05, 4.69) is 12.2 Å². The molecular weight excluding hydrogens is 232 g/mol. The van der Waals surface area contributed by atoms with Crippen molar-refractivity contribution < 1.29 is 14.6 Å². The Morgan fingerprint density at radius 1 is 1.56 bits per heavy atom. The molecule has 0 heterocycles. The van der Waals surface area contributed by atoms with Crippen molar-refractivity contribution >= 4 is 5.97 Å². The lowest BCUT2D eigenvalue weighted by molar-refractivity contribution is -0.139. The van der Waals surface area contributed by atoms with Crippen LogP contribution in [0.5, 0.6) is 0 Å². The molecule has 1 fully saturated rings. The molecule has 0 aromatic carbocycles. The molecule has 1 atom stereocenters. The molecule has 2 N–H and O–H groups in total. The third-order valence-electron chi connectivity index (χ3n) is 3.65. The Labute approximate surface area is 109 Å². The molecule has 1 unspecified atom stereocenters. The summed E-state index contributed by atoms with van der Waals surface area (Å²) in [6, 6.07) is 1.42. The maximum Gasteiger partial charge on any atom is 0.317 e. The molecule has 0 spiro atoms. The van der Waals surface area contributed by atoms with E-state index in [0.29, 0.717) is 18.1 Å². The van der Waals surface area contributed by atoms with Gasteiger partial charge >= 0.3 is 5.97 Å². The lowest BCUT2D eigenvalue weighted by Gasteiger charge is -2.43. The quantitative estimate of drug-likeness (QED) is 0.644.